The van der Waals surface area contributed by atoms with E-state index in [-0.39, 0.29) is 11.9 Å². The molecule has 3 N–H and O–H groups in total. The van der Waals surface area contributed by atoms with Gasteiger partial charge in [0, 0.05) is 25.3 Å². The number of aromatic nitrogens is 6. The van der Waals surface area contributed by atoms with Crippen molar-refractivity contribution in [2.75, 3.05) is 23.7 Å². The molecule has 1 atom stereocenters. The number of hydrogen-bond acceptors (Lipinski definition) is 7. The standard InChI is InChI=1S/C19H22ClN9O/c1-2-14(30)28-7-3-4-11(9-28)22-17-15-16(20)26-27-18(15)25-19(24-17)23-12-8-21-29(10-12)13-5-6-13/h2,8,10-11,13H,1,3-7,9H2,(H3,22,23,24,25,26,27). The van der Waals surface area contributed by atoms with Crippen LogP contribution >= 0.6 is 11.6 Å². The van der Waals surface area contributed by atoms with Crippen molar-refractivity contribution in [1.29, 1.82) is 0 Å². The minimum Gasteiger partial charge on any atom is -0.365 e. The van der Waals surface area contributed by atoms with E-state index in [4.69, 9.17) is 11.6 Å². The summed E-state index contributed by atoms with van der Waals surface area (Å²) in [5.41, 5.74) is 1.28. The Bertz CT molecular complexity index is 1100. The van der Waals surface area contributed by atoms with Gasteiger partial charge in [-0.25, -0.2) is 0 Å². The maximum atomic E-state index is 12.0. The first-order valence-corrected chi connectivity index (χ1v) is 10.4. The highest BCUT2D eigenvalue weighted by atomic mass is 35.5. The molecule has 10 nitrogen and oxygen atoms in total. The molecule has 1 aliphatic carbocycles. The number of nitrogens with one attached hydrogen (secondary N) is 3. The van der Waals surface area contributed by atoms with E-state index in [2.05, 4.69) is 42.5 Å². The fraction of sp³-hybridized carbons (Fsp3) is 0.421. The second-order valence-corrected chi connectivity index (χ2v) is 8.05. The van der Waals surface area contributed by atoms with Gasteiger partial charge in [-0.3, -0.25) is 14.6 Å². The molecule has 0 spiro atoms. The van der Waals surface area contributed by atoms with Crippen LogP contribution in [0.25, 0.3) is 11.0 Å². The van der Waals surface area contributed by atoms with Crippen LogP contribution < -0.4 is 10.6 Å². The number of hydrogen-bond donors (Lipinski definition) is 3. The SMILES string of the molecule is C=CC(=O)N1CCCC(Nc2nc(Nc3cnn(C4CC4)c3)nc3n[nH]c(Cl)c23)C1. The van der Waals surface area contributed by atoms with Gasteiger partial charge in [-0.1, -0.05) is 18.2 Å². The summed E-state index contributed by atoms with van der Waals surface area (Å²) in [6.07, 6.45) is 9.20. The number of nitrogens with zero attached hydrogens (tertiary/aromatic N) is 6. The van der Waals surface area contributed by atoms with Gasteiger partial charge in [-0.2, -0.15) is 20.2 Å². The molecule has 0 aromatic carbocycles. The number of likely N-dealkylation sites (tertiary alicyclic amines) is 1. The van der Waals surface area contributed by atoms with Gasteiger partial charge in [0.1, 0.15) is 16.4 Å². The second kappa shape index (κ2) is 7.60. The summed E-state index contributed by atoms with van der Waals surface area (Å²) in [6.45, 7) is 4.88. The Kier molecular flexibility index (Phi) is 4.78. The van der Waals surface area contributed by atoms with Crippen LogP contribution in [0.3, 0.4) is 0 Å². The molecule has 1 unspecified atom stereocenters. The van der Waals surface area contributed by atoms with Gasteiger partial charge in [-0.05, 0) is 31.8 Å². The summed E-state index contributed by atoms with van der Waals surface area (Å²) in [6, 6.07) is 0.538. The van der Waals surface area contributed by atoms with Crippen LogP contribution in [0.4, 0.5) is 17.5 Å². The highest BCUT2D eigenvalue weighted by Crippen LogP contribution is 2.35. The molecule has 2 aliphatic rings. The van der Waals surface area contributed by atoms with Gasteiger partial charge in [0.05, 0.1) is 17.9 Å². The smallest absolute Gasteiger partial charge is 0.246 e. The number of aromatic amines is 1. The van der Waals surface area contributed by atoms with Crippen LogP contribution in [-0.4, -0.2) is 59.9 Å². The number of fused-ring (bicyclic) bond motifs is 1. The van der Waals surface area contributed by atoms with E-state index in [0.717, 1.165) is 37.9 Å². The minimum atomic E-state index is -0.0642. The predicted molar refractivity (Wildman–Crippen MR) is 114 cm³/mol. The fourth-order valence-corrected chi connectivity index (χ4v) is 3.95. The predicted octanol–water partition coefficient (Wildman–Crippen LogP) is 2.87. The topological polar surface area (TPSA) is 117 Å². The number of anilines is 3. The molecule has 3 aromatic heterocycles. The van der Waals surface area contributed by atoms with Gasteiger partial charge in [0.15, 0.2) is 5.65 Å². The number of amides is 1. The molecule has 3 aromatic rings. The van der Waals surface area contributed by atoms with Crippen molar-refractivity contribution >= 4 is 46.0 Å². The second-order valence-electron chi connectivity index (χ2n) is 7.67. The molecular formula is C19H22ClN9O. The number of piperidine rings is 1. The van der Waals surface area contributed by atoms with Crippen LogP contribution in [0.1, 0.15) is 31.7 Å². The molecule has 0 bridgehead atoms. The number of H-pyrrole nitrogens is 1. The largest absolute Gasteiger partial charge is 0.365 e. The Hall–Kier alpha value is -3.14. The third-order valence-corrected chi connectivity index (χ3v) is 5.67. The van der Waals surface area contributed by atoms with Crippen molar-refractivity contribution in [1.82, 2.24) is 34.8 Å². The van der Waals surface area contributed by atoms with Gasteiger partial charge in [0.25, 0.3) is 0 Å². The third-order valence-electron chi connectivity index (χ3n) is 5.40. The molecule has 11 heteroatoms. The number of rotatable bonds is 6. The summed E-state index contributed by atoms with van der Waals surface area (Å²) in [5, 5.41) is 19.0. The molecule has 30 heavy (non-hydrogen) atoms. The highest BCUT2D eigenvalue weighted by molar-refractivity contribution is 6.35. The van der Waals surface area contributed by atoms with Crippen molar-refractivity contribution in [2.24, 2.45) is 0 Å². The van der Waals surface area contributed by atoms with Crippen LogP contribution in [0.2, 0.25) is 5.15 Å². The van der Waals surface area contributed by atoms with Gasteiger partial charge < -0.3 is 15.5 Å². The minimum absolute atomic E-state index is 0.0391. The molecular weight excluding hydrogens is 406 g/mol. The van der Waals surface area contributed by atoms with E-state index in [1.165, 1.54) is 6.08 Å². The number of carbonyl (C=O) groups is 1. The molecule has 1 amide bonds. The average molecular weight is 428 g/mol. The van der Waals surface area contributed by atoms with Crippen LogP contribution in [-0.2, 0) is 4.79 Å². The first kappa shape index (κ1) is 18.9. The maximum Gasteiger partial charge on any atom is 0.246 e. The van der Waals surface area contributed by atoms with Gasteiger partial charge in [0.2, 0.25) is 11.9 Å². The van der Waals surface area contributed by atoms with E-state index in [1.807, 2.05) is 10.9 Å². The number of carbonyl (C=O) groups excluding carboxylic acids is 1. The summed E-state index contributed by atoms with van der Waals surface area (Å²) in [7, 11) is 0. The Morgan fingerprint density at radius 1 is 1.33 bits per heavy atom. The lowest BCUT2D eigenvalue weighted by atomic mass is 10.1. The molecule has 156 valence electrons. The molecule has 1 saturated heterocycles. The first-order chi connectivity index (χ1) is 14.6. The van der Waals surface area contributed by atoms with Crippen molar-refractivity contribution in [3.05, 3.63) is 30.2 Å². The Balaban J connectivity index is 1.40. The molecule has 4 heterocycles. The normalized spacial score (nSPS) is 19.1. The van der Waals surface area contributed by atoms with Crippen LogP contribution in [0.5, 0.6) is 0 Å². The van der Waals surface area contributed by atoms with E-state index >= 15 is 0 Å². The zero-order valence-electron chi connectivity index (χ0n) is 16.3. The monoisotopic (exact) mass is 427 g/mol. The zero-order valence-corrected chi connectivity index (χ0v) is 17.1. The Labute approximate surface area is 177 Å². The summed E-state index contributed by atoms with van der Waals surface area (Å²) in [5.74, 6) is 0.915. The van der Waals surface area contributed by atoms with Gasteiger partial charge >= 0.3 is 0 Å². The lowest BCUT2D eigenvalue weighted by Crippen LogP contribution is -2.44. The lowest BCUT2D eigenvalue weighted by molar-refractivity contribution is -0.127. The zero-order chi connectivity index (χ0) is 20.7. The maximum absolute atomic E-state index is 12.0. The molecule has 5 rings (SSSR count). The van der Waals surface area contributed by atoms with Crippen molar-refractivity contribution in [2.45, 2.75) is 37.8 Å². The highest BCUT2D eigenvalue weighted by Gasteiger charge is 2.26. The number of halogens is 1. The van der Waals surface area contributed by atoms with E-state index < -0.39 is 0 Å². The molecule has 1 aliphatic heterocycles. The summed E-state index contributed by atoms with van der Waals surface area (Å²) >= 11 is 6.31. The lowest BCUT2D eigenvalue weighted by Gasteiger charge is -2.32. The van der Waals surface area contributed by atoms with E-state index in [9.17, 15) is 4.79 Å². The van der Waals surface area contributed by atoms with Crippen molar-refractivity contribution < 1.29 is 4.79 Å². The molecule has 1 saturated carbocycles. The van der Waals surface area contributed by atoms with Crippen LogP contribution in [0, 0.1) is 0 Å². The van der Waals surface area contributed by atoms with Crippen LogP contribution in [0.15, 0.2) is 25.0 Å². The third kappa shape index (κ3) is 3.70. The Morgan fingerprint density at radius 3 is 3.00 bits per heavy atom. The van der Waals surface area contributed by atoms with E-state index in [0.29, 0.717) is 40.5 Å². The summed E-state index contributed by atoms with van der Waals surface area (Å²) < 4.78 is 1.96. The van der Waals surface area contributed by atoms with Gasteiger partial charge in [-0.15, -0.1) is 0 Å². The quantitative estimate of drug-likeness (QED) is 0.518. The fourth-order valence-electron chi connectivity index (χ4n) is 3.74. The summed E-state index contributed by atoms with van der Waals surface area (Å²) in [4.78, 5) is 22.9. The van der Waals surface area contributed by atoms with E-state index in [1.54, 1.807) is 11.1 Å². The Morgan fingerprint density at radius 2 is 2.20 bits per heavy atom. The van der Waals surface area contributed by atoms with Crippen molar-refractivity contribution in [3.8, 4) is 0 Å². The molecule has 2 fully saturated rings. The average Bonchev–Trinajstić information content (AvgIpc) is 3.39. The first-order valence-electron chi connectivity index (χ1n) is 10.0. The molecule has 0 radical (unpaired) electrons. The van der Waals surface area contributed by atoms with Crippen molar-refractivity contribution in [3.63, 3.8) is 0 Å².